The zero-order chi connectivity index (χ0) is 9.56. The Balaban J connectivity index is 3.48. The molecule has 0 aromatic heterocycles. The summed E-state index contributed by atoms with van der Waals surface area (Å²) in [5, 5.41) is 19.5. The van der Waals surface area contributed by atoms with Gasteiger partial charge in [0.05, 0.1) is 12.5 Å². The van der Waals surface area contributed by atoms with Crippen LogP contribution in [-0.4, -0.2) is 30.2 Å². The Bertz CT molecular complexity index is 158. The molecule has 0 aromatic carbocycles. The highest BCUT2D eigenvalue weighted by Gasteiger charge is 2.16. The van der Waals surface area contributed by atoms with Crippen molar-refractivity contribution in [1.82, 2.24) is 5.32 Å². The standard InChI is InChI=1S/C7H12F2N2O/c1-5(2-3-10)11-4-6(12)7(8)9/h5-7,11-12H,2,4H2,1H3. The third kappa shape index (κ3) is 4.99. The molecule has 2 N–H and O–H groups in total. The van der Waals surface area contributed by atoms with E-state index < -0.39 is 12.5 Å². The van der Waals surface area contributed by atoms with Gasteiger partial charge in [0.15, 0.2) is 0 Å². The van der Waals surface area contributed by atoms with Crippen molar-refractivity contribution >= 4 is 0 Å². The van der Waals surface area contributed by atoms with Crippen LogP contribution in [0, 0.1) is 11.3 Å². The zero-order valence-electron chi connectivity index (χ0n) is 6.80. The molecular weight excluding hydrogens is 166 g/mol. The molecule has 0 saturated heterocycles. The summed E-state index contributed by atoms with van der Waals surface area (Å²) >= 11 is 0. The third-order valence-electron chi connectivity index (χ3n) is 1.36. The number of hydrogen-bond donors (Lipinski definition) is 2. The van der Waals surface area contributed by atoms with Crippen LogP contribution in [0.3, 0.4) is 0 Å². The molecule has 12 heavy (non-hydrogen) atoms. The van der Waals surface area contributed by atoms with E-state index in [4.69, 9.17) is 10.4 Å². The third-order valence-corrected chi connectivity index (χ3v) is 1.36. The van der Waals surface area contributed by atoms with E-state index in [0.29, 0.717) is 0 Å². The average molecular weight is 178 g/mol. The van der Waals surface area contributed by atoms with Gasteiger partial charge < -0.3 is 10.4 Å². The lowest BCUT2D eigenvalue weighted by Crippen LogP contribution is -2.36. The van der Waals surface area contributed by atoms with Crippen LogP contribution in [0.15, 0.2) is 0 Å². The molecule has 0 aromatic rings. The lowest BCUT2D eigenvalue weighted by atomic mass is 10.2. The Morgan fingerprint density at radius 3 is 2.58 bits per heavy atom. The van der Waals surface area contributed by atoms with Gasteiger partial charge >= 0.3 is 0 Å². The van der Waals surface area contributed by atoms with E-state index in [-0.39, 0.29) is 19.0 Å². The Kier molecular flexibility index (Phi) is 5.51. The lowest BCUT2D eigenvalue weighted by molar-refractivity contribution is -0.00428. The highest BCUT2D eigenvalue weighted by atomic mass is 19.3. The normalized spacial score (nSPS) is 15.7. The van der Waals surface area contributed by atoms with E-state index in [1.54, 1.807) is 6.92 Å². The second kappa shape index (κ2) is 5.86. The SMILES string of the molecule is CC(CC#N)NCC(O)C(F)F. The predicted molar refractivity (Wildman–Crippen MR) is 39.7 cm³/mol. The number of nitriles is 1. The van der Waals surface area contributed by atoms with Crippen molar-refractivity contribution in [3.8, 4) is 6.07 Å². The molecule has 0 bridgehead atoms. The van der Waals surface area contributed by atoms with Gasteiger partial charge in [-0.15, -0.1) is 0 Å². The minimum atomic E-state index is -2.73. The van der Waals surface area contributed by atoms with Gasteiger partial charge in [-0.05, 0) is 6.92 Å². The van der Waals surface area contributed by atoms with Crippen LogP contribution in [-0.2, 0) is 0 Å². The molecule has 0 amide bonds. The van der Waals surface area contributed by atoms with Crippen LogP contribution < -0.4 is 5.32 Å². The van der Waals surface area contributed by atoms with Gasteiger partial charge in [0.25, 0.3) is 6.43 Å². The van der Waals surface area contributed by atoms with Crippen molar-refractivity contribution < 1.29 is 13.9 Å². The van der Waals surface area contributed by atoms with Gasteiger partial charge in [-0.1, -0.05) is 0 Å². The quantitative estimate of drug-likeness (QED) is 0.644. The highest BCUT2D eigenvalue weighted by molar-refractivity contribution is 4.78. The van der Waals surface area contributed by atoms with Gasteiger partial charge in [-0.25, -0.2) is 8.78 Å². The van der Waals surface area contributed by atoms with Crippen LogP contribution >= 0.6 is 0 Å². The number of hydrogen-bond acceptors (Lipinski definition) is 3. The van der Waals surface area contributed by atoms with E-state index in [9.17, 15) is 8.78 Å². The van der Waals surface area contributed by atoms with Crippen LogP contribution in [0.4, 0.5) is 8.78 Å². The number of halogens is 2. The minimum absolute atomic E-state index is 0.164. The average Bonchev–Trinajstić information content (AvgIpc) is 2.00. The number of rotatable bonds is 5. The summed E-state index contributed by atoms with van der Waals surface area (Å²) in [6, 6.07) is 1.73. The lowest BCUT2D eigenvalue weighted by Gasteiger charge is -2.13. The van der Waals surface area contributed by atoms with Crippen LogP contribution in [0.5, 0.6) is 0 Å². The van der Waals surface area contributed by atoms with Crippen molar-refractivity contribution in [3.63, 3.8) is 0 Å². The Labute approximate surface area is 70.0 Å². The monoisotopic (exact) mass is 178 g/mol. The first kappa shape index (κ1) is 11.3. The maximum Gasteiger partial charge on any atom is 0.265 e. The fourth-order valence-corrected chi connectivity index (χ4v) is 0.620. The Hall–Kier alpha value is -0.730. The second-order valence-electron chi connectivity index (χ2n) is 2.57. The number of nitrogens with zero attached hydrogens (tertiary/aromatic N) is 1. The first-order valence-electron chi connectivity index (χ1n) is 3.64. The molecule has 5 heteroatoms. The minimum Gasteiger partial charge on any atom is -0.386 e. The molecule has 2 atom stereocenters. The Morgan fingerprint density at radius 1 is 1.58 bits per heavy atom. The fourth-order valence-electron chi connectivity index (χ4n) is 0.620. The first-order chi connectivity index (χ1) is 5.57. The van der Waals surface area contributed by atoms with Gasteiger partial charge in [0, 0.05) is 12.6 Å². The summed E-state index contributed by atoms with van der Waals surface area (Å²) in [5.41, 5.74) is 0. The van der Waals surface area contributed by atoms with Crippen LogP contribution in [0.1, 0.15) is 13.3 Å². The van der Waals surface area contributed by atoms with E-state index in [1.807, 2.05) is 6.07 Å². The summed E-state index contributed by atoms with van der Waals surface area (Å²) in [4.78, 5) is 0. The molecule has 0 rings (SSSR count). The highest BCUT2D eigenvalue weighted by Crippen LogP contribution is 1.99. The fraction of sp³-hybridized carbons (Fsp3) is 0.857. The van der Waals surface area contributed by atoms with Crippen molar-refractivity contribution in [2.24, 2.45) is 0 Å². The number of aliphatic hydroxyl groups is 1. The van der Waals surface area contributed by atoms with Crippen LogP contribution in [0.25, 0.3) is 0 Å². The van der Waals surface area contributed by atoms with Crippen molar-refractivity contribution in [1.29, 1.82) is 5.26 Å². The molecule has 3 nitrogen and oxygen atoms in total. The molecule has 0 saturated carbocycles. The molecular formula is C7H12F2N2O. The molecule has 2 unspecified atom stereocenters. The topological polar surface area (TPSA) is 56.0 Å². The summed E-state index contributed by atoms with van der Waals surface area (Å²) in [6.45, 7) is 1.52. The predicted octanol–water partition coefficient (Wildman–Crippen LogP) is 0.504. The molecule has 0 fully saturated rings. The smallest absolute Gasteiger partial charge is 0.265 e. The summed E-state index contributed by atoms with van der Waals surface area (Å²) in [6.07, 6.45) is -4.13. The molecule has 0 aliphatic rings. The van der Waals surface area contributed by atoms with E-state index >= 15 is 0 Å². The summed E-state index contributed by atoms with van der Waals surface area (Å²) < 4.78 is 23.4. The zero-order valence-corrected chi connectivity index (χ0v) is 6.80. The van der Waals surface area contributed by atoms with Crippen molar-refractivity contribution in [2.45, 2.75) is 31.9 Å². The number of aliphatic hydroxyl groups excluding tert-OH is 1. The van der Waals surface area contributed by atoms with Gasteiger partial charge in [0.1, 0.15) is 6.10 Å². The van der Waals surface area contributed by atoms with E-state index in [1.165, 1.54) is 0 Å². The van der Waals surface area contributed by atoms with Gasteiger partial charge in [-0.3, -0.25) is 0 Å². The van der Waals surface area contributed by atoms with E-state index in [0.717, 1.165) is 0 Å². The molecule has 0 heterocycles. The maximum atomic E-state index is 11.7. The summed E-state index contributed by atoms with van der Waals surface area (Å²) in [7, 11) is 0. The Morgan fingerprint density at radius 2 is 2.17 bits per heavy atom. The van der Waals surface area contributed by atoms with Crippen LogP contribution in [0.2, 0.25) is 0 Å². The number of nitrogens with one attached hydrogen (secondary N) is 1. The maximum absolute atomic E-state index is 11.7. The molecule has 0 aliphatic heterocycles. The second-order valence-corrected chi connectivity index (χ2v) is 2.57. The van der Waals surface area contributed by atoms with E-state index in [2.05, 4.69) is 5.32 Å². The largest absolute Gasteiger partial charge is 0.386 e. The number of alkyl halides is 2. The molecule has 0 aliphatic carbocycles. The van der Waals surface area contributed by atoms with Crippen molar-refractivity contribution in [3.05, 3.63) is 0 Å². The summed E-state index contributed by atoms with van der Waals surface area (Å²) in [5.74, 6) is 0. The van der Waals surface area contributed by atoms with Gasteiger partial charge in [-0.2, -0.15) is 5.26 Å². The van der Waals surface area contributed by atoms with Crippen molar-refractivity contribution in [2.75, 3.05) is 6.54 Å². The molecule has 70 valence electrons. The molecule has 0 radical (unpaired) electrons. The first-order valence-corrected chi connectivity index (χ1v) is 3.64. The molecule has 0 spiro atoms. The van der Waals surface area contributed by atoms with Gasteiger partial charge in [0.2, 0.25) is 0 Å².